The van der Waals surface area contributed by atoms with E-state index in [-0.39, 0.29) is 49.8 Å². The first-order chi connectivity index (χ1) is 20.2. The van der Waals surface area contributed by atoms with Gasteiger partial charge in [0.05, 0.1) is 15.4 Å². The Balaban J connectivity index is 1.34. The summed E-state index contributed by atoms with van der Waals surface area (Å²) < 4.78 is 96.2. The molecule has 16 heteroatoms. The molecule has 226 valence electrons. The molecule has 2 amide bonds. The van der Waals surface area contributed by atoms with Gasteiger partial charge in [0.2, 0.25) is 5.91 Å². The average molecular weight is 658 g/mol. The Kier molecular flexibility index (Phi) is 9.72. The smallest absolute Gasteiger partial charge is 0.416 e. The first kappa shape index (κ1) is 31.9. The first-order valence-corrected chi connectivity index (χ1v) is 14.8. The van der Waals surface area contributed by atoms with Gasteiger partial charge in [-0.25, -0.2) is 8.42 Å². The Labute approximate surface area is 252 Å². The van der Waals surface area contributed by atoms with Gasteiger partial charge in [0.25, 0.3) is 15.9 Å². The number of thioether (sulfide) groups is 1. The molecule has 3 aromatic rings. The van der Waals surface area contributed by atoms with Crippen molar-refractivity contribution in [3.8, 4) is 5.75 Å². The van der Waals surface area contributed by atoms with E-state index in [1.54, 1.807) is 6.07 Å². The van der Waals surface area contributed by atoms with Gasteiger partial charge in [-0.1, -0.05) is 48.2 Å². The molecule has 0 unspecified atom stereocenters. The van der Waals surface area contributed by atoms with E-state index in [4.69, 9.17) is 12.2 Å². The van der Waals surface area contributed by atoms with Gasteiger partial charge in [-0.05, 0) is 54.6 Å². The van der Waals surface area contributed by atoms with E-state index in [0.29, 0.717) is 6.07 Å². The Morgan fingerprint density at radius 1 is 1.02 bits per heavy atom. The lowest BCUT2D eigenvalue weighted by atomic mass is 10.2. The molecule has 2 N–H and O–H groups in total. The topological polar surface area (TPSA) is 105 Å². The lowest BCUT2D eigenvalue weighted by Gasteiger charge is -2.14. The van der Waals surface area contributed by atoms with E-state index in [1.807, 2.05) is 0 Å². The minimum absolute atomic E-state index is 0.0869. The number of carbonyl (C=O) groups excluding carboxylic acids is 2. The third-order valence-corrected chi connectivity index (χ3v) is 8.52. The van der Waals surface area contributed by atoms with E-state index in [1.165, 1.54) is 47.4 Å². The van der Waals surface area contributed by atoms with E-state index in [9.17, 15) is 40.0 Å². The molecule has 1 heterocycles. The zero-order chi connectivity index (χ0) is 31.4. The summed E-state index contributed by atoms with van der Waals surface area (Å²) in [4.78, 5) is 26.5. The summed E-state index contributed by atoms with van der Waals surface area (Å²) in [6.07, 6.45) is -3.46. The van der Waals surface area contributed by atoms with Gasteiger partial charge in [-0.3, -0.25) is 19.2 Å². The SMILES string of the molecule is O=C(CCN1C(=O)C(=Cc2ccccc2OC(F)F)SC1=S)Nc1ccc(S(=O)(=O)Nc2cccc(C(F)(F)F)c2)cc1. The van der Waals surface area contributed by atoms with Crippen molar-refractivity contribution in [3.63, 3.8) is 0 Å². The minimum atomic E-state index is -4.65. The van der Waals surface area contributed by atoms with Gasteiger partial charge in [-0.15, -0.1) is 0 Å². The molecule has 8 nitrogen and oxygen atoms in total. The molecule has 1 aliphatic heterocycles. The van der Waals surface area contributed by atoms with E-state index < -0.39 is 40.2 Å². The molecule has 0 aliphatic carbocycles. The Bertz CT molecular complexity index is 1680. The maximum absolute atomic E-state index is 12.9. The van der Waals surface area contributed by atoms with Crippen LogP contribution < -0.4 is 14.8 Å². The number of nitrogens with one attached hydrogen (secondary N) is 2. The highest BCUT2D eigenvalue weighted by Gasteiger charge is 2.33. The van der Waals surface area contributed by atoms with Crippen LogP contribution in [-0.2, 0) is 25.8 Å². The summed E-state index contributed by atoms with van der Waals surface area (Å²) in [6.45, 7) is -3.14. The van der Waals surface area contributed by atoms with Crippen LogP contribution in [0.3, 0.4) is 0 Å². The van der Waals surface area contributed by atoms with Crippen molar-refractivity contribution in [2.24, 2.45) is 0 Å². The summed E-state index contributed by atoms with van der Waals surface area (Å²) in [5.74, 6) is -1.16. The van der Waals surface area contributed by atoms with Gasteiger partial charge in [-0.2, -0.15) is 22.0 Å². The number of rotatable bonds is 10. The van der Waals surface area contributed by atoms with Crippen molar-refractivity contribution < 1.29 is 44.7 Å². The predicted octanol–water partition coefficient (Wildman–Crippen LogP) is 6.34. The lowest BCUT2D eigenvalue weighted by molar-refractivity contribution is -0.137. The molecule has 0 spiro atoms. The van der Waals surface area contributed by atoms with Crippen LogP contribution in [0.2, 0.25) is 0 Å². The predicted molar refractivity (Wildman–Crippen MR) is 155 cm³/mol. The monoisotopic (exact) mass is 657 g/mol. The third kappa shape index (κ3) is 8.30. The fraction of sp³-hybridized carbons (Fsp3) is 0.148. The summed E-state index contributed by atoms with van der Waals surface area (Å²) in [5.41, 5.74) is -0.818. The number of sulfonamides is 1. The second-order valence-corrected chi connectivity index (χ2v) is 12.1. The molecule has 0 radical (unpaired) electrons. The molecule has 1 fully saturated rings. The first-order valence-electron chi connectivity index (χ1n) is 12.1. The van der Waals surface area contributed by atoms with Gasteiger partial charge in [0, 0.05) is 29.9 Å². The highest BCUT2D eigenvalue weighted by Crippen LogP contribution is 2.35. The second-order valence-electron chi connectivity index (χ2n) is 8.76. The van der Waals surface area contributed by atoms with Gasteiger partial charge >= 0.3 is 12.8 Å². The van der Waals surface area contributed by atoms with Crippen LogP contribution in [0, 0.1) is 0 Å². The van der Waals surface area contributed by atoms with Gasteiger partial charge in [0.15, 0.2) is 0 Å². The molecule has 3 aromatic carbocycles. The fourth-order valence-corrected chi connectivity index (χ4v) is 6.11. The van der Waals surface area contributed by atoms with Crippen LogP contribution in [0.25, 0.3) is 6.08 Å². The summed E-state index contributed by atoms with van der Waals surface area (Å²) in [5, 5.41) is 2.56. The van der Waals surface area contributed by atoms with Crippen molar-refractivity contribution in [2.45, 2.75) is 24.1 Å². The van der Waals surface area contributed by atoms with Gasteiger partial charge < -0.3 is 10.1 Å². The van der Waals surface area contributed by atoms with Crippen molar-refractivity contribution in [1.29, 1.82) is 0 Å². The number of carbonyl (C=O) groups is 2. The van der Waals surface area contributed by atoms with Crippen molar-refractivity contribution in [3.05, 3.63) is 88.8 Å². The quantitative estimate of drug-likeness (QED) is 0.149. The fourth-order valence-electron chi connectivity index (χ4n) is 3.76. The molecule has 43 heavy (non-hydrogen) atoms. The number of halogens is 5. The highest BCUT2D eigenvalue weighted by molar-refractivity contribution is 8.26. The molecular weight excluding hydrogens is 638 g/mol. The number of thiocarbonyl (C=S) groups is 1. The van der Waals surface area contributed by atoms with Crippen LogP contribution in [0.15, 0.2) is 82.6 Å². The molecule has 0 saturated carbocycles. The third-order valence-electron chi connectivity index (χ3n) is 5.75. The minimum Gasteiger partial charge on any atom is -0.434 e. The largest absolute Gasteiger partial charge is 0.434 e. The molecule has 4 rings (SSSR count). The van der Waals surface area contributed by atoms with Crippen LogP contribution in [0.1, 0.15) is 17.5 Å². The van der Waals surface area contributed by atoms with Crippen LogP contribution >= 0.6 is 24.0 Å². The zero-order valence-electron chi connectivity index (χ0n) is 21.6. The molecule has 1 aliphatic rings. The maximum atomic E-state index is 12.9. The summed E-state index contributed by atoms with van der Waals surface area (Å²) in [7, 11) is -4.23. The van der Waals surface area contributed by atoms with Crippen molar-refractivity contribution >= 4 is 67.6 Å². The Morgan fingerprint density at radius 3 is 2.40 bits per heavy atom. The standard InChI is InChI=1S/C27H20F5N3O5S3/c28-25(29)40-21-7-2-1-4-16(21)14-22-24(37)35(26(41)42-22)13-12-23(36)33-18-8-10-20(11-9-18)43(38,39)34-19-6-3-5-17(15-19)27(30,31)32/h1-11,14-15,25,34H,12-13H2,(H,33,36). The van der Waals surface area contributed by atoms with E-state index in [2.05, 4.69) is 14.8 Å². The number of amides is 2. The number of benzene rings is 3. The second kappa shape index (κ2) is 13.1. The molecule has 0 bridgehead atoms. The summed E-state index contributed by atoms with van der Waals surface area (Å²) in [6, 6.07) is 14.5. The highest BCUT2D eigenvalue weighted by atomic mass is 32.2. The van der Waals surface area contributed by atoms with E-state index in [0.717, 1.165) is 36.0 Å². The lowest BCUT2D eigenvalue weighted by Crippen LogP contribution is -2.31. The number of hydrogen-bond acceptors (Lipinski definition) is 7. The Morgan fingerprint density at radius 2 is 1.72 bits per heavy atom. The van der Waals surface area contributed by atoms with Crippen LogP contribution in [0.5, 0.6) is 5.75 Å². The van der Waals surface area contributed by atoms with Crippen LogP contribution in [0.4, 0.5) is 33.3 Å². The van der Waals surface area contributed by atoms with Crippen molar-refractivity contribution in [1.82, 2.24) is 4.90 Å². The normalized spacial score (nSPS) is 14.8. The average Bonchev–Trinajstić information content (AvgIpc) is 3.19. The molecule has 0 aromatic heterocycles. The Hall–Kier alpha value is -4.02. The number of hydrogen-bond donors (Lipinski definition) is 2. The number of para-hydroxylation sites is 1. The van der Waals surface area contributed by atoms with Gasteiger partial charge in [0.1, 0.15) is 10.1 Å². The van der Waals surface area contributed by atoms with E-state index >= 15 is 0 Å². The number of alkyl halides is 5. The number of ether oxygens (including phenoxy) is 1. The maximum Gasteiger partial charge on any atom is 0.416 e. The van der Waals surface area contributed by atoms with Crippen LogP contribution in [-0.4, -0.2) is 42.6 Å². The summed E-state index contributed by atoms with van der Waals surface area (Å²) >= 11 is 6.18. The molecule has 0 atom stereocenters. The number of anilines is 2. The molecule has 1 saturated heterocycles. The number of nitrogens with zero attached hydrogens (tertiary/aromatic N) is 1. The van der Waals surface area contributed by atoms with Crippen molar-refractivity contribution in [2.75, 3.05) is 16.6 Å². The molecular formula is C27H20F5N3O5S3. The zero-order valence-corrected chi connectivity index (χ0v) is 24.0.